The number of benzene rings is 2. The van der Waals surface area contributed by atoms with Crippen LogP contribution in [0.15, 0.2) is 30.3 Å². The van der Waals surface area contributed by atoms with Crippen LogP contribution in [0.4, 0.5) is 0 Å². The fourth-order valence-corrected chi connectivity index (χ4v) is 2.48. The van der Waals surface area contributed by atoms with Crippen LogP contribution in [0.1, 0.15) is 0 Å². The summed E-state index contributed by atoms with van der Waals surface area (Å²) in [6.07, 6.45) is 0. The van der Waals surface area contributed by atoms with Gasteiger partial charge in [0.1, 0.15) is 5.75 Å². The highest BCUT2D eigenvalue weighted by Gasteiger charge is 2.14. The van der Waals surface area contributed by atoms with Crippen molar-refractivity contribution in [1.82, 2.24) is 0 Å². The van der Waals surface area contributed by atoms with Gasteiger partial charge < -0.3 is 5.11 Å². The Morgan fingerprint density at radius 3 is 2.12 bits per heavy atom. The summed E-state index contributed by atoms with van der Waals surface area (Å²) < 4.78 is 0. The SMILES string of the molecule is Oc1cc(Cl)cc(Cl)c1-c1cc(Cl)ccc1Cl. The molecule has 0 unspecified atom stereocenters. The van der Waals surface area contributed by atoms with Crippen molar-refractivity contribution in [2.45, 2.75) is 0 Å². The van der Waals surface area contributed by atoms with Crippen LogP contribution in [0.25, 0.3) is 11.1 Å². The van der Waals surface area contributed by atoms with Crippen molar-refractivity contribution < 1.29 is 5.11 Å². The number of rotatable bonds is 1. The number of hydrogen-bond donors (Lipinski definition) is 1. The van der Waals surface area contributed by atoms with Crippen molar-refractivity contribution in [2.75, 3.05) is 0 Å². The van der Waals surface area contributed by atoms with Gasteiger partial charge in [-0.05, 0) is 30.3 Å². The molecule has 0 aromatic heterocycles. The molecule has 0 amide bonds. The third-order valence-electron chi connectivity index (χ3n) is 2.23. The van der Waals surface area contributed by atoms with Crippen LogP contribution in [-0.2, 0) is 0 Å². The van der Waals surface area contributed by atoms with E-state index in [-0.39, 0.29) is 5.75 Å². The summed E-state index contributed by atoms with van der Waals surface area (Å²) in [6.45, 7) is 0. The third-order valence-corrected chi connectivity index (χ3v) is 3.31. The second-order valence-electron chi connectivity index (χ2n) is 3.41. The van der Waals surface area contributed by atoms with Crippen molar-refractivity contribution in [2.24, 2.45) is 0 Å². The molecule has 88 valence electrons. The Morgan fingerprint density at radius 2 is 1.47 bits per heavy atom. The Hall–Kier alpha value is -0.600. The summed E-state index contributed by atoms with van der Waals surface area (Å²) in [4.78, 5) is 0. The summed E-state index contributed by atoms with van der Waals surface area (Å²) in [6, 6.07) is 7.88. The van der Waals surface area contributed by atoms with Crippen LogP contribution < -0.4 is 0 Å². The molecule has 0 aliphatic heterocycles. The molecule has 2 rings (SSSR count). The molecule has 0 bridgehead atoms. The van der Waals surface area contributed by atoms with Crippen LogP contribution in [0.2, 0.25) is 20.1 Å². The highest BCUT2D eigenvalue weighted by atomic mass is 35.5. The van der Waals surface area contributed by atoms with E-state index in [4.69, 9.17) is 46.4 Å². The van der Waals surface area contributed by atoms with Gasteiger partial charge in [0, 0.05) is 26.2 Å². The first-order chi connectivity index (χ1) is 7.99. The Kier molecular flexibility index (Phi) is 3.74. The number of phenols is 1. The topological polar surface area (TPSA) is 20.2 Å². The molecule has 2 aromatic rings. The Bertz CT molecular complexity index is 558. The van der Waals surface area contributed by atoms with Crippen molar-refractivity contribution in [1.29, 1.82) is 0 Å². The summed E-state index contributed by atoms with van der Waals surface area (Å²) in [5.41, 5.74) is 0.988. The molecule has 0 spiro atoms. The van der Waals surface area contributed by atoms with E-state index < -0.39 is 0 Å². The fraction of sp³-hybridized carbons (Fsp3) is 0. The van der Waals surface area contributed by atoms with Gasteiger partial charge in [-0.25, -0.2) is 0 Å². The average Bonchev–Trinajstić information content (AvgIpc) is 2.21. The molecule has 1 N–H and O–H groups in total. The Labute approximate surface area is 118 Å². The molecule has 0 heterocycles. The van der Waals surface area contributed by atoms with Crippen LogP contribution in [0.5, 0.6) is 5.75 Å². The van der Waals surface area contributed by atoms with Crippen molar-refractivity contribution in [3.05, 3.63) is 50.4 Å². The van der Waals surface area contributed by atoms with Gasteiger partial charge >= 0.3 is 0 Å². The van der Waals surface area contributed by atoms with E-state index >= 15 is 0 Å². The molecular formula is C12H6Cl4O. The van der Waals surface area contributed by atoms with Gasteiger partial charge in [0.25, 0.3) is 0 Å². The molecule has 0 saturated carbocycles. The van der Waals surface area contributed by atoms with Crippen LogP contribution >= 0.6 is 46.4 Å². The predicted octanol–water partition coefficient (Wildman–Crippen LogP) is 5.67. The molecule has 0 aliphatic carbocycles. The molecule has 17 heavy (non-hydrogen) atoms. The molecule has 0 fully saturated rings. The maximum atomic E-state index is 9.87. The normalized spacial score (nSPS) is 10.6. The zero-order chi connectivity index (χ0) is 12.6. The maximum Gasteiger partial charge on any atom is 0.126 e. The minimum Gasteiger partial charge on any atom is -0.507 e. The quantitative estimate of drug-likeness (QED) is 0.719. The van der Waals surface area contributed by atoms with E-state index in [1.54, 1.807) is 18.2 Å². The second-order valence-corrected chi connectivity index (χ2v) is 5.09. The van der Waals surface area contributed by atoms with E-state index in [1.165, 1.54) is 12.1 Å². The number of phenolic OH excluding ortho intramolecular Hbond substituents is 1. The summed E-state index contributed by atoms with van der Waals surface area (Å²) in [5.74, 6) is -0.0355. The van der Waals surface area contributed by atoms with Gasteiger partial charge in [-0.1, -0.05) is 46.4 Å². The Morgan fingerprint density at radius 1 is 0.765 bits per heavy atom. The molecule has 5 heteroatoms. The van der Waals surface area contributed by atoms with Gasteiger partial charge in [0.05, 0.1) is 5.02 Å². The zero-order valence-electron chi connectivity index (χ0n) is 8.35. The molecule has 0 saturated heterocycles. The molecule has 1 nitrogen and oxygen atoms in total. The zero-order valence-corrected chi connectivity index (χ0v) is 11.4. The van der Waals surface area contributed by atoms with Crippen molar-refractivity contribution in [3.8, 4) is 16.9 Å². The second kappa shape index (κ2) is 4.95. The lowest BCUT2D eigenvalue weighted by Crippen LogP contribution is -1.84. The molecule has 0 aliphatic rings. The largest absolute Gasteiger partial charge is 0.507 e. The molecule has 0 atom stereocenters. The average molecular weight is 308 g/mol. The molecule has 2 aromatic carbocycles. The lowest BCUT2D eigenvalue weighted by atomic mass is 10.0. The van der Waals surface area contributed by atoms with Crippen LogP contribution in [0.3, 0.4) is 0 Å². The van der Waals surface area contributed by atoms with Crippen LogP contribution in [-0.4, -0.2) is 5.11 Å². The van der Waals surface area contributed by atoms with Gasteiger partial charge in [-0.2, -0.15) is 0 Å². The first-order valence-electron chi connectivity index (χ1n) is 4.62. The van der Waals surface area contributed by atoms with Gasteiger partial charge in [0.15, 0.2) is 0 Å². The standard InChI is InChI=1S/C12H6Cl4O/c13-6-1-2-9(15)8(3-6)12-10(16)4-7(14)5-11(12)17/h1-5,17H. The van der Waals surface area contributed by atoms with Crippen LogP contribution in [0, 0.1) is 0 Å². The highest BCUT2D eigenvalue weighted by molar-refractivity contribution is 6.39. The fourth-order valence-electron chi connectivity index (χ4n) is 1.52. The smallest absolute Gasteiger partial charge is 0.126 e. The first kappa shape index (κ1) is 12.8. The van der Waals surface area contributed by atoms with E-state index in [2.05, 4.69) is 0 Å². The van der Waals surface area contributed by atoms with E-state index in [1.807, 2.05) is 0 Å². The maximum absolute atomic E-state index is 9.87. The van der Waals surface area contributed by atoms with Gasteiger partial charge in [-0.3, -0.25) is 0 Å². The highest BCUT2D eigenvalue weighted by Crippen LogP contribution is 2.42. The van der Waals surface area contributed by atoms with Crippen molar-refractivity contribution in [3.63, 3.8) is 0 Å². The van der Waals surface area contributed by atoms with Crippen molar-refractivity contribution >= 4 is 46.4 Å². The minimum absolute atomic E-state index is 0.0355. The molecular weight excluding hydrogens is 302 g/mol. The van der Waals surface area contributed by atoms with E-state index in [0.717, 1.165) is 0 Å². The monoisotopic (exact) mass is 306 g/mol. The summed E-state index contributed by atoms with van der Waals surface area (Å²) in [7, 11) is 0. The lowest BCUT2D eigenvalue weighted by molar-refractivity contribution is 0.477. The minimum atomic E-state index is -0.0355. The van der Waals surface area contributed by atoms with E-state index in [9.17, 15) is 5.11 Å². The molecule has 0 radical (unpaired) electrons. The summed E-state index contributed by atoms with van der Waals surface area (Å²) >= 11 is 23.8. The number of aromatic hydroxyl groups is 1. The number of hydrogen-bond acceptors (Lipinski definition) is 1. The Balaban J connectivity index is 2.72. The summed E-state index contributed by atoms with van der Waals surface area (Å²) in [5, 5.41) is 11.5. The first-order valence-corrected chi connectivity index (χ1v) is 6.13. The third kappa shape index (κ3) is 2.63. The van der Waals surface area contributed by atoms with Gasteiger partial charge in [-0.15, -0.1) is 0 Å². The number of halogens is 4. The van der Waals surface area contributed by atoms with Gasteiger partial charge in [0.2, 0.25) is 0 Å². The lowest BCUT2D eigenvalue weighted by Gasteiger charge is -2.10. The predicted molar refractivity (Wildman–Crippen MR) is 73.6 cm³/mol. The van der Waals surface area contributed by atoms with E-state index in [0.29, 0.717) is 31.2 Å².